The van der Waals surface area contributed by atoms with Crippen molar-refractivity contribution in [1.82, 2.24) is 10.6 Å². The number of rotatable bonds is 11. The molecule has 1 aromatic carbocycles. The maximum atomic E-state index is 11.9. The second kappa shape index (κ2) is 12.8. The lowest BCUT2D eigenvalue weighted by Crippen LogP contribution is -2.43. The largest absolute Gasteiger partial charge is 0.490 e. The number of amides is 1. The normalized spacial score (nSPS) is 10.8. The average Bonchev–Trinajstić information content (AvgIpc) is 2.52. The van der Waals surface area contributed by atoms with E-state index in [1.54, 1.807) is 7.11 Å². The van der Waals surface area contributed by atoms with Crippen LogP contribution in [0.3, 0.4) is 0 Å². The average molecular weight is 389 g/mol. The van der Waals surface area contributed by atoms with Crippen molar-refractivity contribution < 1.29 is 19.0 Å². The highest BCUT2D eigenvalue weighted by molar-refractivity contribution is 5.85. The van der Waals surface area contributed by atoms with Crippen molar-refractivity contribution in [3.63, 3.8) is 0 Å². The molecule has 7 heteroatoms. The van der Waals surface area contributed by atoms with Crippen LogP contribution in [0.15, 0.2) is 18.2 Å². The first-order chi connectivity index (χ1) is 11.9. The molecule has 0 aromatic heterocycles. The Bertz CT molecular complexity index is 533. The molecule has 1 amide bonds. The number of ether oxygens (including phenoxy) is 3. The highest BCUT2D eigenvalue weighted by Crippen LogP contribution is 2.28. The number of carbonyl (C=O) groups excluding carboxylic acids is 1. The van der Waals surface area contributed by atoms with Gasteiger partial charge in [0.15, 0.2) is 18.1 Å². The quantitative estimate of drug-likeness (QED) is 0.570. The number of hydrogen-bond acceptors (Lipinski definition) is 5. The van der Waals surface area contributed by atoms with Crippen molar-refractivity contribution in [3.05, 3.63) is 23.8 Å². The van der Waals surface area contributed by atoms with Gasteiger partial charge in [0.2, 0.25) is 0 Å². The zero-order chi connectivity index (χ0) is 18.7. The molecule has 0 heterocycles. The molecule has 0 atom stereocenters. The van der Waals surface area contributed by atoms with E-state index < -0.39 is 0 Å². The Morgan fingerprint density at radius 3 is 2.50 bits per heavy atom. The molecule has 0 saturated heterocycles. The molecule has 0 aliphatic rings. The van der Waals surface area contributed by atoms with Crippen LogP contribution in [0, 0.1) is 0 Å². The summed E-state index contributed by atoms with van der Waals surface area (Å²) >= 11 is 0. The smallest absolute Gasteiger partial charge is 0.258 e. The molecule has 0 bridgehead atoms. The molecule has 26 heavy (non-hydrogen) atoms. The van der Waals surface area contributed by atoms with E-state index in [4.69, 9.17) is 14.2 Å². The summed E-state index contributed by atoms with van der Waals surface area (Å²) in [6.07, 6.45) is 0.971. The van der Waals surface area contributed by atoms with Gasteiger partial charge in [-0.1, -0.05) is 6.07 Å². The van der Waals surface area contributed by atoms with Crippen LogP contribution in [0.25, 0.3) is 0 Å². The fourth-order valence-electron chi connectivity index (χ4n) is 2.22. The summed E-state index contributed by atoms with van der Waals surface area (Å²) in [6.45, 7) is 10.6. The molecular formula is C19H33ClN2O4. The molecule has 150 valence electrons. The molecule has 0 radical (unpaired) electrons. The molecule has 0 fully saturated rings. The lowest BCUT2D eigenvalue weighted by Gasteiger charge is -2.21. The van der Waals surface area contributed by atoms with E-state index in [2.05, 4.69) is 10.6 Å². The summed E-state index contributed by atoms with van der Waals surface area (Å²) in [5.74, 6) is 1.08. The first-order valence-corrected chi connectivity index (χ1v) is 8.75. The third-order valence-corrected chi connectivity index (χ3v) is 3.21. The minimum absolute atomic E-state index is 0. The van der Waals surface area contributed by atoms with Crippen LogP contribution in [0.2, 0.25) is 0 Å². The van der Waals surface area contributed by atoms with Gasteiger partial charge in [0.25, 0.3) is 5.91 Å². The van der Waals surface area contributed by atoms with E-state index >= 15 is 0 Å². The Hall–Kier alpha value is -1.50. The Morgan fingerprint density at radius 1 is 1.15 bits per heavy atom. The summed E-state index contributed by atoms with van der Waals surface area (Å²) < 4.78 is 16.3. The van der Waals surface area contributed by atoms with Crippen LogP contribution in [-0.2, 0) is 16.1 Å². The molecule has 2 N–H and O–H groups in total. The maximum absolute atomic E-state index is 11.9. The lowest BCUT2D eigenvalue weighted by atomic mass is 10.1. The van der Waals surface area contributed by atoms with Crippen LogP contribution < -0.4 is 20.1 Å². The zero-order valence-electron chi connectivity index (χ0n) is 16.5. The van der Waals surface area contributed by atoms with Gasteiger partial charge in [0.05, 0.1) is 6.61 Å². The molecular weight excluding hydrogens is 356 g/mol. The van der Waals surface area contributed by atoms with E-state index in [1.165, 1.54) is 0 Å². The predicted molar refractivity (Wildman–Crippen MR) is 106 cm³/mol. The lowest BCUT2D eigenvalue weighted by molar-refractivity contribution is -0.124. The monoisotopic (exact) mass is 388 g/mol. The van der Waals surface area contributed by atoms with Crippen molar-refractivity contribution in [2.45, 2.75) is 46.2 Å². The highest BCUT2D eigenvalue weighted by atomic mass is 35.5. The topological polar surface area (TPSA) is 68.8 Å². The number of carbonyl (C=O) groups is 1. The van der Waals surface area contributed by atoms with Gasteiger partial charge in [-0.05, 0) is 58.4 Å². The Balaban J connectivity index is 0.00000625. The third-order valence-electron chi connectivity index (χ3n) is 3.21. The number of methoxy groups -OCH3 is 1. The Kier molecular flexibility index (Phi) is 12.1. The van der Waals surface area contributed by atoms with Gasteiger partial charge in [0, 0.05) is 25.8 Å². The minimum atomic E-state index is -0.276. The number of nitrogens with one attached hydrogen (secondary N) is 2. The SMILES string of the molecule is CCOc1cc(CNCCCOC)ccc1OCC(=O)NC(C)(C)C.Cl. The van der Waals surface area contributed by atoms with Gasteiger partial charge in [0.1, 0.15) is 0 Å². The van der Waals surface area contributed by atoms with E-state index in [0.29, 0.717) is 18.1 Å². The van der Waals surface area contributed by atoms with Gasteiger partial charge in [-0.2, -0.15) is 0 Å². The van der Waals surface area contributed by atoms with Crippen LogP contribution in [0.5, 0.6) is 11.5 Å². The summed E-state index contributed by atoms with van der Waals surface area (Å²) in [6, 6.07) is 5.77. The maximum Gasteiger partial charge on any atom is 0.258 e. The number of benzene rings is 1. The number of hydrogen-bond donors (Lipinski definition) is 2. The van der Waals surface area contributed by atoms with Gasteiger partial charge in [-0.15, -0.1) is 12.4 Å². The van der Waals surface area contributed by atoms with E-state index in [1.807, 2.05) is 45.9 Å². The zero-order valence-corrected chi connectivity index (χ0v) is 17.3. The second-order valence-corrected chi connectivity index (χ2v) is 6.82. The van der Waals surface area contributed by atoms with Gasteiger partial charge < -0.3 is 24.8 Å². The van der Waals surface area contributed by atoms with Crippen LogP contribution in [0.4, 0.5) is 0 Å². The van der Waals surface area contributed by atoms with Crippen molar-refractivity contribution in [2.75, 3.05) is 33.5 Å². The summed E-state index contributed by atoms with van der Waals surface area (Å²) in [4.78, 5) is 11.9. The van der Waals surface area contributed by atoms with Gasteiger partial charge in [-0.25, -0.2) is 0 Å². The Morgan fingerprint density at radius 2 is 1.88 bits per heavy atom. The summed E-state index contributed by atoms with van der Waals surface area (Å²) in [7, 11) is 1.70. The van der Waals surface area contributed by atoms with Crippen molar-refractivity contribution in [1.29, 1.82) is 0 Å². The third kappa shape index (κ3) is 10.5. The first kappa shape index (κ1) is 24.5. The van der Waals surface area contributed by atoms with Crippen molar-refractivity contribution >= 4 is 18.3 Å². The minimum Gasteiger partial charge on any atom is -0.490 e. The fraction of sp³-hybridized carbons (Fsp3) is 0.632. The molecule has 1 aromatic rings. The predicted octanol–water partition coefficient (Wildman–Crippen LogP) is 2.93. The van der Waals surface area contributed by atoms with Crippen molar-refractivity contribution in [2.24, 2.45) is 0 Å². The molecule has 0 aliphatic heterocycles. The van der Waals surface area contributed by atoms with Gasteiger partial charge in [-0.3, -0.25) is 4.79 Å². The molecule has 0 unspecified atom stereocenters. The van der Waals surface area contributed by atoms with E-state index in [0.717, 1.165) is 31.7 Å². The molecule has 0 saturated carbocycles. The van der Waals surface area contributed by atoms with Crippen molar-refractivity contribution in [3.8, 4) is 11.5 Å². The van der Waals surface area contributed by atoms with Crippen LogP contribution >= 0.6 is 12.4 Å². The fourth-order valence-corrected chi connectivity index (χ4v) is 2.22. The second-order valence-electron chi connectivity index (χ2n) is 6.82. The Labute approximate surface area is 163 Å². The molecule has 0 aliphatic carbocycles. The summed E-state index contributed by atoms with van der Waals surface area (Å²) in [5, 5.41) is 6.23. The highest BCUT2D eigenvalue weighted by Gasteiger charge is 2.15. The molecule has 1 rings (SSSR count). The molecule has 6 nitrogen and oxygen atoms in total. The van der Waals surface area contributed by atoms with Gasteiger partial charge >= 0.3 is 0 Å². The van der Waals surface area contributed by atoms with Crippen LogP contribution in [-0.4, -0.2) is 44.9 Å². The summed E-state index contributed by atoms with van der Waals surface area (Å²) in [5.41, 5.74) is 0.828. The van der Waals surface area contributed by atoms with E-state index in [9.17, 15) is 4.79 Å². The molecule has 0 spiro atoms. The number of halogens is 1. The van der Waals surface area contributed by atoms with E-state index in [-0.39, 0.29) is 30.5 Å². The standard InChI is InChI=1S/C19H32N2O4.ClH/c1-6-24-17-12-15(13-20-10-7-11-23-5)8-9-16(17)25-14-18(22)21-19(2,3)4;/h8-9,12,20H,6-7,10-11,13-14H2,1-5H3,(H,21,22);1H. The first-order valence-electron chi connectivity index (χ1n) is 8.75. The van der Waals surface area contributed by atoms with Crippen LogP contribution in [0.1, 0.15) is 39.7 Å².